The van der Waals surface area contributed by atoms with Gasteiger partial charge in [-0.25, -0.2) is 9.97 Å². The van der Waals surface area contributed by atoms with E-state index in [0.717, 1.165) is 80.7 Å². The van der Waals surface area contributed by atoms with Gasteiger partial charge >= 0.3 is 5.97 Å². The molecular formula is C42H41N7O4. The number of aliphatic hydroxyl groups excluding tert-OH is 1. The van der Waals surface area contributed by atoms with Gasteiger partial charge in [0.25, 0.3) is 0 Å². The number of rotatable bonds is 9. The number of hydrogen-bond donors (Lipinski definition) is 3. The topological polar surface area (TPSA) is 152 Å². The van der Waals surface area contributed by atoms with E-state index < -0.39 is 5.97 Å². The molecule has 2 aliphatic heterocycles. The number of β-amino-alcohol motifs (C(OH)–C–C–N with tert-alkyl or cyclic N) is 1. The lowest BCUT2D eigenvalue weighted by Crippen LogP contribution is -2.22. The number of benzene rings is 3. The predicted molar refractivity (Wildman–Crippen MR) is 204 cm³/mol. The largest absolute Gasteiger partial charge is 0.481 e. The highest BCUT2D eigenvalue weighted by molar-refractivity contribution is 5.92. The molecule has 0 unspecified atom stereocenters. The molecule has 0 spiro atoms. The van der Waals surface area contributed by atoms with E-state index >= 15 is 0 Å². The Labute approximate surface area is 307 Å². The fourth-order valence-electron chi connectivity index (χ4n) is 7.88. The SMILES string of the molecule is Cc1cc2cc(CN3CC[C@@H](O)C3)cnc2c(Nc2cccc(-c3cccc(-c4nc5cc(CN6CC[C@@H](C(=O)O)C6)cc(C#N)c5o4)c3C)c2C)n1. The Kier molecular flexibility index (Phi) is 9.12. The molecule has 268 valence electrons. The molecule has 0 aliphatic carbocycles. The molecule has 8 rings (SSSR count). The Morgan fingerprint density at radius 3 is 2.42 bits per heavy atom. The van der Waals surface area contributed by atoms with Crippen LogP contribution in [0.2, 0.25) is 0 Å². The smallest absolute Gasteiger partial charge is 0.307 e. The van der Waals surface area contributed by atoms with Crippen LogP contribution in [0.25, 0.3) is 44.6 Å². The number of carboxylic acid groups (broad SMARTS) is 1. The lowest BCUT2D eigenvalue weighted by Gasteiger charge is -2.17. The number of fused-ring (bicyclic) bond motifs is 2. The van der Waals surface area contributed by atoms with Crippen molar-refractivity contribution < 1.29 is 19.4 Å². The van der Waals surface area contributed by atoms with Crippen LogP contribution in [0.4, 0.5) is 11.5 Å². The van der Waals surface area contributed by atoms with E-state index in [9.17, 15) is 20.3 Å². The zero-order valence-electron chi connectivity index (χ0n) is 30.1. The number of hydrogen-bond acceptors (Lipinski definition) is 10. The molecule has 3 aromatic heterocycles. The van der Waals surface area contributed by atoms with Crippen LogP contribution in [-0.2, 0) is 17.9 Å². The molecular weight excluding hydrogens is 667 g/mol. The minimum absolute atomic E-state index is 0.257. The molecule has 0 saturated carbocycles. The second kappa shape index (κ2) is 14.0. The second-order valence-electron chi connectivity index (χ2n) is 14.5. The summed E-state index contributed by atoms with van der Waals surface area (Å²) in [7, 11) is 0. The van der Waals surface area contributed by atoms with E-state index in [-0.39, 0.29) is 12.0 Å². The summed E-state index contributed by atoms with van der Waals surface area (Å²) in [6.07, 6.45) is 3.08. The van der Waals surface area contributed by atoms with Gasteiger partial charge in [0.05, 0.1) is 17.6 Å². The average molecular weight is 708 g/mol. The molecule has 2 aliphatic rings. The molecule has 2 atom stereocenters. The number of nitrogens with zero attached hydrogens (tertiary/aromatic N) is 6. The van der Waals surface area contributed by atoms with Crippen LogP contribution >= 0.6 is 0 Å². The lowest BCUT2D eigenvalue weighted by atomic mass is 9.93. The third-order valence-electron chi connectivity index (χ3n) is 10.6. The molecule has 0 bridgehead atoms. The molecule has 5 heterocycles. The number of aromatic nitrogens is 3. The number of nitrogens with one attached hydrogen (secondary N) is 1. The summed E-state index contributed by atoms with van der Waals surface area (Å²) in [5, 5.41) is 34.0. The van der Waals surface area contributed by atoms with Gasteiger partial charge in [0.1, 0.15) is 17.1 Å². The molecule has 53 heavy (non-hydrogen) atoms. The third-order valence-corrected chi connectivity index (χ3v) is 10.6. The number of carboxylic acids is 1. The highest BCUT2D eigenvalue weighted by Crippen LogP contribution is 2.38. The van der Waals surface area contributed by atoms with Crippen LogP contribution in [0.3, 0.4) is 0 Å². The number of pyridine rings is 2. The molecule has 3 aromatic carbocycles. The van der Waals surface area contributed by atoms with E-state index in [1.807, 2.05) is 49.5 Å². The minimum atomic E-state index is -0.766. The van der Waals surface area contributed by atoms with Gasteiger partial charge in [0.2, 0.25) is 5.89 Å². The second-order valence-corrected chi connectivity index (χ2v) is 14.5. The number of aliphatic carboxylic acids is 1. The Balaban J connectivity index is 1.08. The summed E-state index contributed by atoms with van der Waals surface area (Å²) in [6, 6.07) is 22.5. The van der Waals surface area contributed by atoms with Crippen molar-refractivity contribution in [1.29, 1.82) is 5.26 Å². The van der Waals surface area contributed by atoms with E-state index in [1.54, 1.807) is 0 Å². The van der Waals surface area contributed by atoms with Crippen molar-refractivity contribution in [2.24, 2.45) is 5.92 Å². The number of nitriles is 1. The number of aryl methyl sites for hydroxylation is 1. The fraction of sp³-hybridized carbons (Fsp3) is 0.310. The summed E-state index contributed by atoms with van der Waals surface area (Å²) in [5.74, 6) is 0.000444. The van der Waals surface area contributed by atoms with Crippen LogP contribution in [-0.4, -0.2) is 73.2 Å². The van der Waals surface area contributed by atoms with Gasteiger partial charge in [-0.2, -0.15) is 5.26 Å². The molecule has 3 N–H and O–H groups in total. The Hall–Kier alpha value is -5.67. The maximum Gasteiger partial charge on any atom is 0.307 e. The average Bonchev–Trinajstić information content (AvgIpc) is 3.89. The molecule has 0 amide bonds. The molecule has 0 radical (unpaired) electrons. The fourth-order valence-corrected chi connectivity index (χ4v) is 7.88. The number of anilines is 2. The van der Waals surface area contributed by atoms with Gasteiger partial charge in [-0.05, 0) is 110 Å². The summed E-state index contributed by atoms with van der Waals surface area (Å²) in [6.45, 7) is 10.2. The van der Waals surface area contributed by atoms with E-state index in [4.69, 9.17) is 19.4 Å². The molecule has 2 saturated heterocycles. The van der Waals surface area contributed by atoms with Crippen molar-refractivity contribution in [2.75, 3.05) is 31.5 Å². The Morgan fingerprint density at radius 2 is 1.66 bits per heavy atom. The molecule has 11 heteroatoms. The zero-order chi connectivity index (χ0) is 36.8. The zero-order valence-corrected chi connectivity index (χ0v) is 30.1. The minimum Gasteiger partial charge on any atom is -0.481 e. The van der Waals surface area contributed by atoms with Crippen LogP contribution in [0.5, 0.6) is 0 Å². The van der Waals surface area contributed by atoms with Crippen molar-refractivity contribution in [1.82, 2.24) is 24.8 Å². The van der Waals surface area contributed by atoms with Crippen molar-refractivity contribution in [3.05, 3.63) is 100 Å². The lowest BCUT2D eigenvalue weighted by molar-refractivity contribution is -0.141. The van der Waals surface area contributed by atoms with Crippen molar-refractivity contribution >= 4 is 39.5 Å². The Bertz CT molecular complexity index is 2430. The van der Waals surface area contributed by atoms with Gasteiger partial charge < -0.3 is 19.9 Å². The van der Waals surface area contributed by atoms with Crippen LogP contribution in [0, 0.1) is 38.0 Å². The van der Waals surface area contributed by atoms with Crippen molar-refractivity contribution in [3.63, 3.8) is 0 Å². The first-order valence-electron chi connectivity index (χ1n) is 18.1. The summed E-state index contributed by atoms with van der Waals surface area (Å²) in [4.78, 5) is 30.4. The maximum absolute atomic E-state index is 11.5. The van der Waals surface area contributed by atoms with E-state index in [2.05, 4.69) is 59.3 Å². The standard InChI is InChI=1S/C42H41N7O4/c1-24-14-30-16-28(21-49-13-11-32(50)23-49)19-44-38(30)40(45-24)46-36-9-5-7-34(26(36)3)33-6-4-8-35(25(33)2)41-47-37-17-27(15-31(18-43)39(37)53-41)20-48-12-10-29(22-48)42(51)52/h4-9,14-17,19,29,32,50H,10-13,20-23H2,1-3H3,(H,45,46)(H,51,52)/t29-,32-/m1/s1. The number of oxazole rings is 1. The maximum atomic E-state index is 11.5. The molecule has 11 nitrogen and oxygen atoms in total. The monoisotopic (exact) mass is 707 g/mol. The van der Waals surface area contributed by atoms with Gasteiger partial charge in [0.15, 0.2) is 11.4 Å². The Morgan fingerprint density at radius 1 is 0.925 bits per heavy atom. The van der Waals surface area contributed by atoms with Gasteiger partial charge in [0, 0.05) is 61.3 Å². The predicted octanol–water partition coefficient (Wildman–Crippen LogP) is 7.12. The molecule has 2 fully saturated rings. The van der Waals surface area contributed by atoms with Crippen molar-refractivity contribution in [3.8, 4) is 28.7 Å². The van der Waals surface area contributed by atoms with E-state index in [1.165, 1.54) is 0 Å². The van der Waals surface area contributed by atoms with Crippen LogP contribution in [0.15, 0.2) is 71.3 Å². The molecule has 6 aromatic rings. The van der Waals surface area contributed by atoms with E-state index in [0.29, 0.717) is 61.0 Å². The number of aliphatic hydroxyl groups is 1. The highest BCUT2D eigenvalue weighted by atomic mass is 16.4. The van der Waals surface area contributed by atoms with Crippen LogP contribution < -0.4 is 5.32 Å². The first kappa shape index (κ1) is 34.4. The third kappa shape index (κ3) is 6.84. The summed E-state index contributed by atoms with van der Waals surface area (Å²) < 4.78 is 6.29. The van der Waals surface area contributed by atoms with Crippen LogP contribution in [0.1, 0.15) is 46.4 Å². The highest BCUT2D eigenvalue weighted by Gasteiger charge is 2.28. The normalized spacial score (nSPS) is 17.9. The van der Waals surface area contributed by atoms with Gasteiger partial charge in [-0.15, -0.1) is 0 Å². The quantitative estimate of drug-likeness (QED) is 0.141. The van der Waals surface area contributed by atoms with Gasteiger partial charge in [-0.3, -0.25) is 19.6 Å². The summed E-state index contributed by atoms with van der Waals surface area (Å²) in [5.41, 5.74) is 11.0. The van der Waals surface area contributed by atoms with Gasteiger partial charge in [-0.1, -0.05) is 24.3 Å². The summed E-state index contributed by atoms with van der Waals surface area (Å²) >= 11 is 0. The number of likely N-dealkylation sites (tertiary alicyclic amines) is 2. The van der Waals surface area contributed by atoms with Crippen molar-refractivity contribution in [2.45, 2.75) is 52.8 Å². The first-order chi connectivity index (χ1) is 25.6. The first-order valence-corrected chi connectivity index (χ1v) is 18.1. The number of carbonyl (C=O) groups is 1.